The van der Waals surface area contributed by atoms with Gasteiger partial charge >= 0.3 is 0 Å². The van der Waals surface area contributed by atoms with E-state index in [1.54, 1.807) is 0 Å². The third kappa shape index (κ3) is 5.53. The first-order valence-corrected chi connectivity index (χ1v) is 18.5. The maximum Gasteiger partial charge on any atom is 0.0541 e. The van der Waals surface area contributed by atoms with Gasteiger partial charge in [0.2, 0.25) is 0 Å². The van der Waals surface area contributed by atoms with E-state index in [0.717, 1.165) is 33.9 Å². The Hall–Kier alpha value is -7.16. The van der Waals surface area contributed by atoms with Crippen molar-refractivity contribution in [2.24, 2.45) is 0 Å². The molecule has 0 aliphatic heterocycles. The fourth-order valence-electron chi connectivity index (χ4n) is 8.05. The highest BCUT2D eigenvalue weighted by molar-refractivity contribution is 6.09. The lowest BCUT2D eigenvalue weighted by molar-refractivity contribution is 1.18. The number of aromatic nitrogens is 1. The predicted molar refractivity (Wildman–Crippen MR) is 229 cm³/mol. The van der Waals surface area contributed by atoms with E-state index >= 15 is 0 Å². The molecule has 0 fully saturated rings. The zero-order valence-electron chi connectivity index (χ0n) is 29.7. The van der Waals surface area contributed by atoms with E-state index in [9.17, 15) is 0 Å². The van der Waals surface area contributed by atoms with Gasteiger partial charge in [0.15, 0.2) is 0 Å². The zero-order chi connectivity index (χ0) is 35.8. The number of fused-ring (bicyclic) bond motifs is 4. The van der Waals surface area contributed by atoms with E-state index < -0.39 is 0 Å². The summed E-state index contributed by atoms with van der Waals surface area (Å²) in [5.74, 6) is 0. The minimum atomic E-state index is 1.09. The molecule has 0 saturated carbocycles. The molecule has 9 aromatic carbocycles. The van der Waals surface area contributed by atoms with E-state index in [2.05, 4.69) is 228 Å². The Bertz CT molecular complexity index is 2860. The molecule has 0 amide bonds. The molecule has 0 bridgehead atoms. The molecule has 10 rings (SSSR count). The number of hydrogen-bond acceptors (Lipinski definition) is 1. The summed E-state index contributed by atoms with van der Waals surface area (Å²) in [4.78, 5) is 2.39. The van der Waals surface area contributed by atoms with Gasteiger partial charge in [-0.3, -0.25) is 0 Å². The molecule has 0 unspecified atom stereocenters. The molecule has 0 saturated heterocycles. The second-order valence-corrected chi connectivity index (χ2v) is 13.8. The van der Waals surface area contributed by atoms with Crippen LogP contribution in [0.15, 0.2) is 218 Å². The van der Waals surface area contributed by atoms with Crippen molar-refractivity contribution in [1.29, 1.82) is 0 Å². The molecule has 0 atom stereocenters. The summed E-state index contributed by atoms with van der Waals surface area (Å²) in [6, 6.07) is 78.9. The van der Waals surface area contributed by atoms with Gasteiger partial charge in [0.25, 0.3) is 0 Å². The first kappa shape index (κ1) is 31.6. The molecule has 0 spiro atoms. The number of para-hydroxylation sites is 3. The van der Waals surface area contributed by atoms with Crippen molar-refractivity contribution >= 4 is 49.6 Å². The van der Waals surface area contributed by atoms with Gasteiger partial charge in [-0.2, -0.15) is 0 Å². The summed E-state index contributed by atoms with van der Waals surface area (Å²) >= 11 is 0. The first-order valence-electron chi connectivity index (χ1n) is 18.5. The van der Waals surface area contributed by atoms with Gasteiger partial charge in [0.05, 0.1) is 16.7 Å². The highest BCUT2D eigenvalue weighted by Gasteiger charge is 2.19. The fourth-order valence-corrected chi connectivity index (χ4v) is 8.05. The SMILES string of the molecule is c1ccc(-c2ccc(N(c3ccc(-c4cccc5ccccc45)cc3)c3ccccc3-c3cccc(-n4c5ccccc5c5ccccc54)c3)cc2)cc1. The van der Waals surface area contributed by atoms with Crippen molar-refractivity contribution in [3.05, 3.63) is 218 Å². The molecule has 10 aromatic rings. The second kappa shape index (κ2) is 13.4. The van der Waals surface area contributed by atoms with Gasteiger partial charge in [0.1, 0.15) is 0 Å². The molecule has 2 heteroatoms. The Balaban J connectivity index is 1.12. The largest absolute Gasteiger partial charge is 0.310 e. The van der Waals surface area contributed by atoms with Gasteiger partial charge in [-0.05, 0) is 93.2 Å². The van der Waals surface area contributed by atoms with Crippen LogP contribution in [0.5, 0.6) is 0 Å². The molecule has 254 valence electrons. The van der Waals surface area contributed by atoms with E-state index in [1.165, 1.54) is 54.8 Å². The van der Waals surface area contributed by atoms with Crippen LogP contribution in [-0.2, 0) is 0 Å². The normalized spacial score (nSPS) is 11.3. The van der Waals surface area contributed by atoms with Crippen LogP contribution >= 0.6 is 0 Å². The number of nitrogens with zero attached hydrogens (tertiary/aromatic N) is 2. The third-order valence-electron chi connectivity index (χ3n) is 10.6. The van der Waals surface area contributed by atoms with Crippen LogP contribution in [0.2, 0.25) is 0 Å². The molecule has 0 radical (unpaired) electrons. The average molecular weight is 689 g/mol. The van der Waals surface area contributed by atoms with Crippen LogP contribution in [0.4, 0.5) is 17.1 Å². The average Bonchev–Trinajstić information content (AvgIpc) is 3.59. The van der Waals surface area contributed by atoms with Crippen molar-refractivity contribution in [2.45, 2.75) is 0 Å². The Morgan fingerprint density at radius 1 is 0.315 bits per heavy atom. The topological polar surface area (TPSA) is 8.17 Å². The van der Waals surface area contributed by atoms with Gasteiger partial charge in [-0.1, -0.05) is 164 Å². The van der Waals surface area contributed by atoms with Crippen LogP contribution < -0.4 is 4.90 Å². The highest BCUT2D eigenvalue weighted by atomic mass is 15.1. The molecule has 1 aromatic heterocycles. The van der Waals surface area contributed by atoms with Crippen molar-refractivity contribution < 1.29 is 0 Å². The van der Waals surface area contributed by atoms with E-state index in [1.807, 2.05) is 0 Å². The lowest BCUT2D eigenvalue weighted by Crippen LogP contribution is -2.11. The van der Waals surface area contributed by atoms with Crippen LogP contribution in [0.1, 0.15) is 0 Å². The fraction of sp³-hybridized carbons (Fsp3) is 0. The third-order valence-corrected chi connectivity index (χ3v) is 10.6. The summed E-state index contributed by atoms with van der Waals surface area (Å²) in [5, 5.41) is 5.03. The molecular weight excluding hydrogens is 653 g/mol. The predicted octanol–water partition coefficient (Wildman–Crippen LogP) is 14.4. The molecule has 2 nitrogen and oxygen atoms in total. The molecule has 54 heavy (non-hydrogen) atoms. The van der Waals surface area contributed by atoms with Crippen molar-refractivity contribution in [2.75, 3.05) is 4.90 Å². The standard InChI is InChI=1S/C52H36N2/c1-2-14-37(15-3-1)38-28-32-42(33-29-38)53(43-34-30-40(31-35-43)46-24-13-17-39-16-4-5-20-45(39)46)50-25-9-6-21-47(50)41-18-12-19-44(36-41)54-51-26-10-7-22-48(51)49-23-8-11-27-52(49)54/h1-36H. The van der Waals surface area contributed by atoms with Crippen LogP contribution in [0.25, 0.3) is 71.6 Å². The van der Waals surface area contributed by atoms with Crippen molar-refractivity contribution in [3.8, 4) is 39.1 Å². The van der Waals surface area contributed by atoms with Gasteiger partial charge in [-0.15, -0.1) is 0 Å². The molecule has 0 aliphatic carbocycles. The zero-order valence-corrected chi connectivity index (χ0v) is 29.7. The molecule has 1 heterocycles. The van der Waals surface area contributed by atoms with E-state index in [-0.39, 0.29) is 0 Å². The number of anilines is 3. The summed E-state index contributed by atoms with van der Waals surface area (Å²) in [6.45, 7) is 0. The monoisotopic (exact) mass is 688 g/mol. The highest BCUT2D eigenvalue weighted by Crippen LogP contribution is 2.43. The van der Waals surface area contributed by atoms with E-state index in [4.69, 9.17) is 0 Å². The lowest BCUT2D eigenvalue weighted by atomic mass is 9.97. The van der Waals surface area contributed by atoms with Gasteiger partial charge in [-0.25, -0.2) is 0 Å². The van der Waals surface area contributed by atoms with Crippen LogP contribution in [0, 0.1) is 0 Å². The Morgan fingerprint density at radius 2 is 0.815 bits per heavy atom. The summed E-state index contributed by atoms with van der Waals surface area (Å²) in [7, 11) is 0. The first-order chi connectivity index (χ1) is 26.8. The Kier molecular flexibility index (Phi) is 7.85. The minimum absolute atomic E-state index is 1.09. The van der Waals surface area contributed by atoms with Crippen LogP contribution in [0.3, 0.4) is 0 Å². The maximum absolute atomic E-state index is 2.39. The van der Waals surface area contributed by atoms with Gasteiger partial charge < -0.3 is 9.47 Å². The second-order valence-electron chi connectivity index (χ2n) is 13.8. The smallest absolute Gasteiger partial charge is 0.0541 e. The van der Waals surface area contributed by atoms with Crippen LogP contribution in [-0.4, -0.2) is 4.57 Å². The lowest BCUT2D eigenvalue weighted by Gasteiger charge is -2.28. The minimum Gasteiger partial charge on any atom is -0.310 e. The summed E-state index contributed by atoms with van der Waals surface area (Å²) in [5.41, 5.74) is 14.0. The van der Waals surface area contributed by atoms with Gasteiger partial charge in [0, 0.05) is 33.4 Å². The number of hydrogen-bond donors (Lipinski definition) is 0. The molecular formula is C52H36N2. The molecule has 0 N–H and O–H groups in total. The van der Waals surface area contributed by atoms with Crippen molar-refractivity contribution in [3.63, 3.8) is 0 Å². The quantitative estimate of drug-likeness (QED) is 0.162. The van der Waals surface area contributed by atoms with E-state index in [0.29, 0.717) is 0 Å². The Labute approximate surface area is 315 Å². The maximum atomic E-state index is 2.39. The summed E-state index contributed by atoms with van der Waals surface area (Å²) < 4.78 is 2.39. The number of rotatable bonds is 7. The number of benzene rings is 9. The van der Waals surface area contributed by atoms with Crippen molar-refractivity contribution in [1.82, 2.24) is 4.57 Å². The Morgan fingerprint density at radius 3 is 1.54 bits per heavy atom. The molecule has 0 aliphatic rings. The summed E-state index contributed by atoms with van der Waals surface area (Å²) in [6.07, 6.45) is 0.